The van der Waals surface area contributed by atoms with Crippen molar-refractivity contribution in [3.63, 3.8) is 0 Å². The summed E-state index contributed by atoms with van der Waals surface area (Å²) >= 11 is 0. The Kier molecular flexibility index (Phi) is 6.43. The highest BCUT2D eigenvalue weighted by Crippen LogP contribution is 2.48. The molecule has 7 nitrogen and oxygen atoms in total. The summed E-state index contributed by atoms with van der Waals surface area (Å²) in [5.41, 5.74) is 0.942. The van der Waals surface area contributed by atoms with Crippen LogP contribution in [0, 0.1) is 5.92 Å². The number of rotatable bonds is 9. The van der Waals surface area contributed by atoms with Gasteiger partial charge in [0.15, 0.2) is 5.75 Å². The van der Waals surface area contributed by atoms with Crippen molar-refractivity contribution in [3.8, 4) is 11.5 Å². The predicted octanol–water partition coefficient (Wildman–Crippen LogP) is 3.41. The van der Waals surface area contributed by atoms with Gasteiger partial charge in [0.2, 0.25) is 11.9 Å². The Bertz CT molecular complexity index is 924. The van der Waals surface area contributed by atoms with Gasteiger partial charge in [-0.2, -0.15) is 0 Å². The lowest BCUT2D eigenvalue weighted by Crippen LogP contribution is -2.27. The first-order valence-corrected chi connectivity index (χ1v) is 11.0. The zero-order valence-electron chi connectivity index (χ0n) is 18.3. The summed E-state index contributed by atoms with van der Waals surface area (Å²) in [5.74, 6) is -1.79. The van der Waals surface area contributed by atoms with Crippen molar-refractivity contribution < 1.29 is 23.0 Å². The molecule has 1 amide bonds. The van der Waals surface area contributed by atoms with Crippen LogP contribution in [0.5, 0.6) is 11.5 Å². The Labute approximate surface area is 186 Å². The molecule has 1 aromatic heterocycles. The fraction of sp³-hybridized carbons (Fsp3) is 0.522. The number of nitrogens with zero attached hydrogens (tertiary/aromatic N) is 3. The van der Waals surface area contributed by atoms with Gasteiger partial charge in [0.1, 0.15) is 11.9 Å². The highest BCUT2D eigenvalue weighted by Gasteiger charge is 2.57. The Hall–Kier alpha value is -2.97. The molecule has 3 atom stereocenters. The van der Waals surface area contributed by atoms with Crippen LogP contribution < -0.4 is 19.7 Å². The predicted molar refractivity (Wildman–Crippen MR) is 115 cm³/mol. The summed E-state index contributed by atoms with van der Waals surface area (Å²) in [4.78, 5) is 22.6. The van der Waals surface area contributed by atoms with Crippen LogP contribution in [0.1, 0.15) is 38.2 Å². The molecule has 172 valence electrons. The quantitative estimate of drug-likeness (QED) is 0.636. The average molecular weight is 446 g/mol. The van der Waals surface area contributed by atoms with Gasteiger partial charge >= 0.3 is 0 Å². The lowest BCUT2D eigenvalue weighted by molar-refractivity contribution is -0.122. The second-order valence-electron chi connectivity index (χ2n) is 8.35. The number of amides is 1. The standard InChI is InChI=1S/C23H28F2N4O3/c1-3-26-21(30)15(2)16-4-6-18(7-5-16)32-19-8-9-29(13-19)22-27-11-20(12-28-22)31-14-17-10-23(17,24)25/h4-7,11-12,15,17,19H,3,8-10,13-14H2,1-2H3,(H,26,30)/t15?,17?,19-/m1/s1. The van der Waals surface area contributed by atoms with Crippen LogP contribution in [0.2, 0.25) is 0 Å². The molecule has 1 aromatic carbocycles. The molecule has 1 aliphatic carbocycles. The first-order chi connectivity index (χ1) is 15.4. The van der Waals surface area contributed by atoms with Gasteiger partial charge in [0.25, 0.3) is 5.92 Å². The van der Waals surface area contributed by atoms with E-state index in [1.807, 2.05) is 43.0 Å². The van der Waals surface area contributed by atoms with Crippen molar-refractivity contribution >= 4 is 11.9 Å². The van der Waals surface area contributed by atoms with Crippen LogP contribution in [0.3, 0.4) is 0 Å². The van der Waals surface area contributed by atoms with Gasteiger partial charge < -0.3 is 19.7 Å². The van der Waals surface area contributed by atoms with Gasteiger partial charge in [-0.25, -0.2) is 18.7 Å². The number of hydrogen-bond acceptors (Lipinski definition) is 6. The van der Waals surface area contributed by atoms with E-state index in [0.29, 0.717) is 24.8 Å². The van der Waals surface area contributed by atoms with E-state index in [0.717, 1.165) is 24.3 Å². The van der Waals surface area contributed by atoms with Crippen molar-refractivity contribution in [3.05, 3.63) is 42.2 Å². The van der Waals surface area contributed by atoms with E-state index in [9.17, 15) is 13.6 Å². The van der Waals surface area contributed by atoms with Crippen LogP contribution in [-0.4, -0.2) is 54.1 Å². The summed E-state index contributed by atoms with van der Waals surface area (Å²) < 4.78 is 37.3. The number of benzene rings is 1. The third kappa shape index (κ3) is 5.26. The third-order valence-corrected chi connectivity index (χ3v) is 5.88. The monoisotopic (exact) mass is 446 g/mol. The number of alkyl halides is 2. The number of halogens is 2. The molecule has 1 saturated carbocycles. The maximum Gasteiger partial charge on any atom is 0.255 e. The lowest BCUT2D eigenvalue weighted by Gasteiger charge is -2.18. The molecule has 1 saturated heterocycles. The van der Waals surface area contributed by atoms with Gasteiger partial charge in [-0.1, -0.05) is 12.1 Å². The van der Waals surface area contributed by atoms with Gasteiger partial charge in [-0.15, -0.1) is 0 Å². The van der Waals surface area contributed by atoms with Gasteiger partial charge in [-0.05, 0) is 31.5 Å². The minimum atomic E-state index is -2.59. The number of anilines is 1. The van der Waals surface area contributed by atoms with E-state index in [1.165, 1.54) is 12.4 Å². The fourth-order valence-corrected chi connectivity index (χ4v) is 3.71. The van der Waals surface area contributed by atoms with E-state index in [4.69, 9.17) is 9.47 Å². The van der Waals surface area contributed by atoms with Crippen molar-refractivity contribution in [2.75, 3.05) is 31.1 Å². The molecule has 32 heavy (non-hydrogen) atoms. The van der Waals surface area contributed by atoms with Gasteiger partial charge in [-0.3, -0.25) is 4.79 Å². The summed E-state index contributed by atoms with van der Waals surface area (Å²) in [6.07, 6.45) is 3.75. The number of carbonyl (C=O) groups excluding carboxylic acids is 1. The van der Waals surface area contributed by atoms with E-state index in [1.54, 1.807) is 0 Å². The summed E-state index contributed by atoms with van der Waals surface area (Å²) in [7, 11) is 0. The number of ether oxygens (including phenoxy) is 2. The molecular formula is C23H28F2N4O3. The molecule has 1 N–H and O–H groups in total. The van der Waals surface area contributed by atoms with Crippen molar-refractivity contribution in [1.29, 1.82) is 0 Å². The normalized spacial score (nSPS) is 22.3. The first-order valence-electron chi connectivity index (χ1n) is 11.0. The number of nitrogens with one attached hydrogen (secondary N) is 1. The Morgan fingerprint density at radius 1 is 1.25 bits per heavy atom. The van der Waals surface area contributed by atoms with Crippen molar-refractivity contribution in [2.45, 2.75) is 44.6 Å². The molecular weight excluding hydrogens is 418 g/mol. The van der Waals surface area contributed by atoms with E-state index in [2.05, 4.69) is 15.3 Å². The van der Waals surface area contributed by atoms with Crippen LogP contribution in [-0.2, 0) is 4.79 Å². The molecule has 2 unspecified atom stereocenters. The van der Waals surface area contributed by atoms with Crippen LogP contribution in [0.4, 0.5) is 14.7 Å². The molecule has 0 radical (unpaired) electrons. The maximum absolute atomic E-state index is 12.9. The SMILES string of the molecule is CCNC(=O)C(C)c1ccc(O[C@@H]2CCN(c3ncc(OCC4CC4(F)F)cn3)C2)cc1. The lowest BCUT2D eigenvalue weighted by atomic mass is 10.0. The first kappa shape index (κ1) is 22.2. The zero-order chi connectivity index (χ0) is 22.7. The second-order valence-corrected chi connectivity index (χ2v) is 8.35. The highest BCUT2D eigenvalue weighted by atomic mass is 19.3. The maximum atomic E-state index is 12.9. The second kappa shape index (κ2) is 9.26. The Morgan fingerprint density at radius 3 is 2.56 bits per heavy atom. The van der Waals surface area contributed by atoms with Crippen molar-refractivity contribution in [2.24, 2.45) is 5.92 Å². The number of carbonyl (C=O) groups is 1. The smallest absolute Gasteiger partial charge is 0.255 e. The van der Waals surface area contributed by atoms with E-state index >= 15 is 0 Å². The number of likely N-dealkylation sites (N-methyl/N-ethyl adjacent to an activating group) is 1. The molecule has 4 rings (SSSR count). The molecule has 0 bridgehead atoms. The molecule has 2 fully saturated rings. The summed E-state index contributed by atoms with van der Waals surface area (Å²) in [5, 5.41) is 2.83. The molecule has 2 heterocycles. The van der Waals surface area contributed by atoms with Crippen LogP contribution >= 0.6 is 0 Å². The van der Waals surface area contributed by atoms with Gasteiger partial charge in [0, 0.05) is 25.9 Å². The highest BCUT2D eigenvalue weighted by molar-refractivity contribution is 5.83. The third-order valence-electron chi connectivity index (χ3n) is 5.88. The largest absolute Gasteiger partial charge is 0.490 e. The van der Waals surface area contributed by atoms with Crippen LogP contribution in [0.15, 0.2) is 36.7 Å². The van der Waals surface area contributed by atoms with Gasteiger partial charge in [0.05, 0.1) is 37.4 Å². The minimum Gasteiger partial charge on any atom is -0.490 e. The molecule has 2 aromatic rings. The minimum absolute atomic E-state index is 0.00159. The topological polar surface area (TPSA) is 76.6 Å². The number of hydrogen-bond donors (Lipinski definition) is 1. The molecule has 2 aliphatic rings. The average Bonchev–Trinajstić information content (AvgIpc) is 3.16. The van der Waals surface area contributed by atoms with E-state index in [-0.39, 0.29) is 31.0 Å². The Morgan fingerprint density at radius 2 is 1.94 bits per heavy atom. The summed E-state index contributed by atoms with van der Waals surface area (Å²) in [6.45, 7) is 5.78. The molecule has 9 heteroatoms. The van der Waals surface area contributed by atoms with Crippen molar-refractivity contribution in [1.82, 2.24) is 15.3 Å². The van der Waals surface area contributed by atoms with Crippen LogP contribution in [0.25, 0.3) is 0 Å². The summed E-state index contributed by atoms with van der Waals surface area (Å²) in [6, 6.07) is 7.61. The zero-order valence-corrected chi connectivity index (χ0v) is 18.3. The number of aromatic nitrogens is 2. The Balaban J connectivity index is 1.26. The molecule has 0 spiro atoms. The fourth-order valence-electron chi connectivity index (χ4n) is 3.71. The van der Waals surface area contributed by atoms with E-state index < -0.39 is 11.8 Å². The molecule has 1 aliphatic heterocycles.